The number of fused-ring (bicyclic) bond motifs is 1. The summed E-state index contributed by atoms with van der Waals surface area (Å²) in [6.45, 7) is 3.65. The van der Waals surface area contributed by atoms with Crippen molar-refractivity contribution in [3.05, 3.63) is 81.0 Å². The summed E-state index contributed by atoms with van der Waals surface area (Å²) in [6.07, 6.45) is 6.55. The summed E-state index contributed by atoms with van der Waals surface area (Å²) in [6, 6.07) is 11.1. The van der Waals surface area contributed by atoms with E-state index in [1.807, 2.05) is 24.5 Å². The normalized spacial score (nSPS) is 14.6. The predicted molar refractivity (Wildman–Crippen MR) is 137 cm³/mol. The average molecular weight is 501 g/mol. The highest BCUT2D eigenvalue weighted by molar-refractivity contribution is 7.78. The number of anilines is 1. The van der Waals surface area contributed by atoms with Crippen LogP contribution in [-0.2, 0) is 11.3 Å². The van der Waals surface area contributed by atoms with Crippen LogP contribution >= 0.6 is 36.0 Å². The summed E-state index contributed by atoms with van der Waals surface area (Å²) in [5, 5.41) is 1.92. The molecule has 0 saturated carbocycles. The number of rotatable bonds is 4. The molecule has 6 nitrogen and oxygen atoms in total. The van der Waals surface area contributed by atoms with E-state index in [0.29, 0.717) is 23.2 Å². The summed E-state index contributed by atoms with van der Waals surface area (Å²) >= 11 is 16.7. The molecule has 0 aliphatic carbocycles. The van der Waals surface area contributed by atoms with Crippen molar-refractivity contribution in [3.8, 4) is 11.1 Å². The topological polar surface area (TPSA) is 52.3 Å². The number of pyridine rings is 2. The number of nitrogens with zero attached hydrogens (tertiary/aromatic N) is 4. The lowest BCUT2D eigenvalue weighted by atomic mass is 10.1. The van der Waals surface area contributed by atoms with Crippen molar-refractivity contribution in [1.82, 2.24) is 13.5 Å². The zero-order chi connectivity index (χ0) is 22.9. The van der Waals surface area contributed by atoms with Gasteiger partial charge in [-0.25, -0.2) is 4.98 Å². The SMILES string of the molecule is O=c1cc(-c2cn(S)c3ncc(N4CCCOCC4)cc23)ccn1Cc1ccc(Cl)c(Cl)c1. The fourth-order valence-corrected chi connectivity index (χ4v) is 4.72. The molecule has 0 N–H and O–H groups in total. The molecule has 0 unspecified atom stereocenters. The molecule has 1 aliphatic rings. The van der Waals surface area contributed by atoms with E-state index >= 15 is 0 Å². The predicted octanol–water partition coefficient (Wildman–Crippen LogP) is 5.14. The number of halogens is 2. The molecule has 0 bridgehead atoms. The van der Waals surface area contributed by atoms with Gasteiger partial charge in [0.2, 0.25) is 0 Å². The number of ether oxygens (including phenoxy) is 1. The molecule has 0 radical (unpaired) electrons. The van der Waals surface area contributed by atoms with Crippen LogP contribution in [0.15, 0.2) is 59.8 Å². The second-order valence-electron chi connectivity index (χ2n) is 8.04. The van der Waals surface area contributed by atoms with Gasteiger partial charge in [-0.15, -0.1) is 0 Å². The van der Waals surface area contributed by atoms with Crippen LogP contribution in [-0.4, -0.2) is 39.8 Å². The van der Waals surface area contributed by atoms with Gasteiger partial charge in [-0.3, -0.25) is 8.77 Å². The molecule has 1 saturated heterocycles. The van der Waals surface area contributed by atoms with Gasteiger partial charge in [-0.05, 0) is 41.8 Å². The molecule has 0 amide bonds. The third kappa shape index (κ3) is 4.64. The van der Waals surface area contributed by atoms with E-state index in [0.717, 1.165) is 59.5 Å². The van der Waals surface area contributed by atoms with E-state index in [2.05, 4.69) is 28.8 Å². The largest absolute Gasteiger partial charge is 0.380 e. The number of benzene rings is 1. The van der Waals surface area contributed by atoms with Crippen molar-refractivity contribution in [2.75, 3.05) is 31.2 Å². The number of thiol groups is 1. The third-order valence-electron chi connectivity index (χ3n) is 5.84. The lowest BCUT2D eigenvalue weighted by Gasteiger charge is -2.21. The molecule has 5 rings (SSSR count). The molecule has 1 aromatic carbocycles. The fourth-order valence-electron chi connectivity index (χ4n) is 4.13. The van der Waals surface area contributed by atoms with Gasteiger partial charge in [0.05, 0.1) is 35.1 Å². The Bertz CT molecular complexity index is 1380. The van der Waals surface area contributed by atoms with Crippen LogP contribution in [0.25, 0.3) is 22.2 Å². The summed E-state index contributed by atoms with van der Waals surface area (Å²) in [4.78, 5) is 19.8. The van der Waals surface area contributed by atoms with Gasteiger partial charge in [0.25, 0.3) is 5.56 Å². The van der Waals surface area contributed by atoms with Crippen molar-refractivity contribution >= 4 is 52.7 Å². The Hall–Kier alpha value is -2.45. The Morgan fingerprint density at radius 1 is 1.06 bits per heavy atom. The molecule has 3 aromatic heterocycles. The Morgan fingerprint density at radius 2 is 1.94 bits per heavy atom. The smallest absolute Gasteiger partial charge is 0.251 e. The van der Waals surface area contributed by atoms with Crippen molar-refractivity contribution in [2.24, 2.45) is 0 Å². The fraction of sp³-hybridized carbons (Fsp3) is 0.250. The summed E-state index contributed by atoms with van der Waals surface area (Å²) in [7, 11) is 0. The summed E-state index contributed by atoms with van der Waals surface area (Å²) in [5.74, 6) is 0. The minimum absolute atomic E-state index is 0.104. The minimum Gasteiger partial charge on any atom is -0.380 e. The van der Waals surface area contributed by atoms with Crippen molar-refractivity contribution < 1.29 is 4.74 Å². The Balaban J connectivity index is 1.49. The third-order valence-corrected chi connectivity index (χ3v) is 6.89. The first-order valence-electron chi connectivity index (χ1n) is 10.7. The zero-order valence-electron chi connectivity index (χ0n) is 17.7. The monoisotopic (exact) mass is 500 g/mol. The van der Waals surface area contributed by atoms with Gasteiger partial charge in [0, 0.05) is 49.1 Å². The van der Waals surface area contributed by atoms with Crippen molar-refractivity contribution in [2.45, 2.75) is 13.0 Å². The van der Waals surface area contributed by atoms with E-state index in [1.165, 1.54) is 0 Å². The number of aromatic nitrogens is 3. The molecule has 1 fully saturated rings. The van der Waals surface area contributed by atoms with Gasteiger partial charge in [-0.2, -0.15) is 0 Å². The van der Waals surface area contributed by atoms with Gasteiger partial charge in [0.15, 0.2) is 5.65 Å². The maximum absolute atomic E-state index is 12.9. The van der Waals surface area contributed by atoms with Gasteiger partial charge in [-0.1, -0.05) is 42.1 Å². The number of hydrogen-bond acceptors (Lipinski definition) is 5. The van der Waals surface area contributed by atoms with Crippen LogP contribution in [0.2, 0.25) is 10.0 Å². The quantitative estimate of drug-likeness (QED) is 0.394. The highest BCUT2D eigenvalue weighted by Crippen LogP contribution is 2.32. The van der Waals surface area contributed by atoms with Gasteiger partial charge in [0.1, 0.15) is 0 Å². The van der Waals surface area contributed by atoms with Gasteiger partial charge >= 0.3 is 0 Å². The minimum atomic E-state index is -0.104. The molecular formula is C24H22Cl2N4O2S. The lowest BCUT2D eigenvalue weighted by molar-refractivity contribution is 0.152. The first-order chi connectivity index (χ1) is 16.0. The van der Waals surface area contributed by atoms with E-state index in [4.69, 9.17) is 27.9 Å². The first-order valence-corrected chi connectivity index (χ1v) is 11.8. The highest BCUT2D eigenvalue weighted by Gasteiger charge is 2.16. The van der Waals surface area contributed by atoms with Crippen LogP contribution in [0.1, 0.15) is 12.0 Å². The molecule has 0 atom stereocenters. The van der Waals surface area contributed by atoms with Crippen molar-refractivity contribution in [3.63, 3.8) is 0 Å². The zero-order valence-corrected chi connectivity index (χ0v) is 20.2. The molecule has 33 heavy (non-hydrogen) atoms. The summed E-state index contributed by atoms with van der Waals surface area (Å²) in [5.41, 5.74) is 4.33. The molecule has 170 valence electrons. The van der Waals surface area contributed by atoms with E-state index in [-0.39, 0.29) is 5.56 Å². The lowest BCUT2D eigenvalue weighted by Crippen LogP contribution is -2.25. The second-order valence-corrected chi connectivity index (χ2v) is 9.28. The average Bonchev–Trinajstić information content (AvgIpc) is 2.97. The molecular weight excluding hydrogens is 479 g/mol. The Morgan fingerprint density at radius 3 is 2.76 bits per heavy atom. The molecule has 9 heteroatoms. The van der Waals surface area contributed by atoms with E-state index < -0.39 is 0 Å². The van der Waals surface area contributed by atoms with Crippen LogP contribution in [0.3, 0.4) is 0 Å². The van der Waals surface area contributed by atoms with Crippen LogP contribution in [0.5, 0.6) is 0 Å². The van der Waals surface area contributed by atoms with Gasteiger partial charge < -0.3 is 14.2 Å². The van der Waals surface area contributed by atoms with Crippen LogP contribution < -0.4 is 10.5 Å². The van der Waals surface area contributed by atoms with Crippen LogP contribution in [0.4, 0.5) is 5.69 Å². The second kappa shape index (κ2) is 9.43. The highest BCUT2D eigenvalue weighted by atomic mass is 35.5. The molecule has 1 aliphatic heterocycles. The van der Waals surface area contributed by atoms with E-state index in [9.17, 15) is 4.79 Å². The summed E-state index contributed by atoms with van der Waals surface area (Å²) < 4.78 is 8.92. The molecule has 4 aromatic rings. The number of hydrogen-bond donors (Lipinski definition) is 1. The molecule has 4 heterocycles. The Labute approximate surface area is 206 Å². The maximum Gasteiger partial charge on any atom is 0.251 e. The Kier molecular flexibility index (Phi) is 6.38. The maximum atomic E-state index is 12.9. The first kappa shape index (κ1) is 22.3. The van der Waals surface area contributed by atoms with Crippen LogP contribution in [0, 0.1) is 0 Å². The van der Waals surface area contributed by atoms with Crippen molar-refractivity contribution in [1.29, 1.82) is 0 Å². The standard InChI is InChI=1S/C24H22Cl2N4O2S/c25-21-3-2-16(10-22(21)26)14-29-6-4-17(11-23(29)31)20-15-30(33)24-19(20)12-18(13-27-24)28-5-1-8-32-9-7-28/h2-4,6,10-13,15,33H,1,5,7-9,14H2. The van der Waals surface area contributed by atoms with E-state index in [1.54, 1.807) is 32.9 Å². The molecule has 0 spiro atoms.